The Morgan fingerprint density at radius 1 is 1.44 bits per heavy atom. The number of nitrogens with two attached hydrogens (primary N) is 1. The number of rotatable bonds is 9. The van der Waals surface area contributed by atoms with Gasteiger partial charge in [-0.05, 0) is 30.7 Å². The summed E-state index contributed by atoms with van der Waals surface area (Å²) in [7, 11) is 0. The number of hydrogen-bond donors (Lipinski definition) is 3. The molecule has 0 amide bonds. The fraction of sp³-hybridized carbons (Fsp3) is 0.278. The molecule has 2 aromatic rings. The number of aliphatic carboxylic acids is 1. The van der Waals surface area contributed by atoms with Crippen LogP contribution in [0.15, 0.2) is 36.0 Å². The van der Waals surface area contributed by atoms with Gasteiger partial charge in [0.05, 0.1) is 17.1 Å². The summed E-state index contributed by atoms with van der Waals surface area (Å²) in [5.41, 5.74) is 8.84. The normalized spacial score (nSPS) is 12.4. The molecule has 0 aliphatic carbocycles. The second-order valence-corrected chi connectivity index (χ2v) is 6.38. The number of nitrogens with one attached hydrogen (secondary N) is 1. The van der Waals surface area contributed by atoms with Crippen LogP contribution >= 0.6 is 11.8 Å². The van der Waals surface area contributed by atoms with Gasteiger partial charge in [0.15, 0.2) is 5.16 Å². The fourth-order valence-corrected chi connectivity index (χ4v) is 2.93. The van der Waals surface area contributed by atoms with Crippen LogP contribution in [-0.4, -0.2) is 32.1 Å². The van der Waals surface area contributed by atoms with Crippen molar-refractivity contribution >= 4 is 29.9 Å². The van der Waals surface area contributed by atoms with Crippen LogP contribution in [-0.2, 0) is 17.0 Å². The molecule has 0 saturated carbocycles. The number of H-pyrrole nitrogens is 1. The number of imidazole rings is 1. The Kier molecular flexibility index (Phi) is 6.97. The molecule has 0 bridgehead atoms. The van der Waals surface area contributed by atoms with Gasteiger partial charge in [0, 0.05) is 17.9 Å². The molecule has 0 spiro atoms. The molecule has 2 rings (SSSR count). The number of nitrogens with zero attached hydrogens (tertiary/aromatic N) is 2. The zero-order chi connectivity index (χ0) is 18.2. The van der Waals surface area contributed by atoms with Gasteiger partial charge in [0.25, 0.3) is 0 Å². The van der Waals surface area contributed by atoms with Crippen LogP contribution in [0.2, 0.25) is 0 Å². The second-order valence-electron chi connectivity index (χ2n) is 5.41. The highest BCUT2D eigenvalue weighted by molar-refractivity contribution is 7.98. The SMILES string of the molecule is C=Cc1nc(SCc2cccc(CC(N)C(=O)O)n2)[nH]c1/C=C\CC. The first-order valence-corrected chi connectivity index (χ1v) is 8.97. The van der Waals surface area contributed by atoms with Crippen LogP contribution in [0, 0.1) is 0 Å². The molecule has 4 N–H and O–H groups in total. The molecule has 132 valence electrons. The van der Waals surface area contributed by atoms with Gasteiger partial charge >= 0.3 is 5.97 Å². The fourth-order valence-electron chi connectivity index (χ4n) is 2.14. The summed E-state index contributed by atoms with van der Waals surface area (Å²) in [6, 6.07) is 4.61. The van der Waals surface area contributed by atoms with E-state index in [1.807, 2.05) is 18.2 Å². The lowest BCUT2D eigenvalue weighted by Gasteiger charge is -2.07. The predicted molar refractivity (Wildman–Crippen MR) is 101 cm³/mol. The van der Waals surface area contributed by atoms with Crippen LogP contribution in [0.3, 0.4) is 0 Å². The van der Waals surface area contributed by atoms with Crippen molar-refractivity contribution in [2.24, 2.45) is 5.73 Å². The second kappa shape index (κ2) is 9.19. The maximum Gasteiger partial charge on any atom is 0.320 e. The van der Waals surface area contributed by atoms with Crippen molar-refractivity contribution in [1.82, 2.24) is 15.0 Å². The minimum atomic E-state index is -1.03. The molecular formula is C18H22N4O2S. The Labute approximate surface area is 151 Å². The van der Waals surface area contributed by atoms with E-state index in [9.17, 15) is 4.79 Å². The number of aromatic amines is 1. The Morgan fingerprint density at radius 2 is 2.20 bits per heavy atom. The van der Waals surface area contributed by atoms with E-state index in [0.717, 1.165) is 28.7 Å². The lowest BCUT2D eigenvalue weighted by molar-refractivity contribution is -0.138. The first-order valence-electron chi connectivity index (χ1n) is 7.98. The van der Waals surface area contributed by atoms with E-state index in [1.165, 1.54) is 11.8 Å². The highest BCUT2D eigenvalue weighted by Gasteiger charge is 2.13. The number of hydrogen-bond acceptors (Lipinski definition) is 5. The number of carbonyl (C=O) groups is 1. The van der Waals surface area contributed by atoms with E-state index < -0.39 is 12.0 Å². The van der Waals surface area contributed by atoms with Gasteiger partial charge < -0.3 is 15.8 Å². The smallest absolute Gasteiger partial charge is 0.320 e. The third-order valence-corrected chi connectivity index (χ3v) is 4.33. The molecular weight excluding hydrogens is 336 g/mol. The van der Waals surface area contributed by atoms with E-state index in [1.54, 1.807) is 12.1 Å². The molecule has 0 aliphatic heterocycles. The van der Waals surface area contributed by atoms with E-state index in [0.29, 0.717) is 11.4 Å². The molecule has 0 saturated heterocycles. The molecule has 1 atom stereocenters. The molecule has 0 fully saturated rings. The number of carboxylic acid groups (broad SMARTS) is 1. The molecule has 7 heteroatoms. The van der Waals surface area contributed by atoms with Gasteiger partial charge in [-0.2, -0.15) is 0 Å². The highest BCUT2D eigenvalue weighted by Crippen LogP contribution is 2.22. The minimum absolute atomic E-state index is 0.209. The van der Waals surface area contributed by atoms with Crippen LogP contribution in [0.1, 0.15) is 36.1 Å². The Bertz CT molecular complexity index is 770. The number of allylic oxidation sites excluding steroid dienone is 1. The summed E-state index contributed by atoms with van der Waals surface area (Å²) in [4.78, 5) is 23.1. The topological polar surface area (TPSA) is 105 Å². The van der Waals surface area contributed by atoms with Gasteiger partial charge in [0.2, 0.25) is 0 Å². The summed E-state index contributed by atoms with van der Waals surface area (Å²) in [6.45, 7) is 5.86. The van der Waals surface area contributed by atoms with Crippen LogP contribution in [0.25, 0.3) is 12.2 Å². The molecule has 6 nitrogen and oxygen atoms in total. The zero-order valence-electron chi connectivity index (χ0n) is 14.1. The van der Waals surface area contributed by atoms with Gasteiger partial charge in [0.1, 0.15) is 6.04 Å². The Hall–Kier alpha value is -2.38. The molecule has 2 heterocycles. The largest absolute Gasteiger partial charge is 0.480 e. The first-order chi connectivity index (χ1) is 12.0. The van der Waals surface area contributed by atoms with Crippen molar-refractivity contribution in [3.8, 4) is 0 Å². The number of thioether (sulfide) groups is 1. The average molecular weight is 358 g/mol. The minimum Gasteiger partial charge on any atom is -0.480 e. The van der Waals surface area contributed by atoms with Crippen LogP contribution < -0.4 is 5.73 Å². The maximum atomic E-state index is 10.9. The molecule has 2 aromatic heterocycles. The molecule has 0 aliphatic rings. The van der Waals surface area contributed by atoms with Crippen LogP contribution in [0.5, 0.6) is 0 Å². The van der Waals surface area contributed by atoms with Gasteiger partial charge in [-0.15, -0.1) is 0 Å². The molecule has 0 aromatic carbocycles. The van der Waals surface area contributed by atoms with Gasteiger partial charge in [-0.25, -0.2) is 4.98 Å². The van der Waals surface area contributed by atoms with Crippen LogP contribution in [0.4, 0.5) is 0 Å². The number of carboxylic acids is 1. The summed E-state index contributed by atoms with van der Waals surface area (Å²) >= 11 is 1.53. The monoisotopic (exact) mass is 358 g/mol. The lowest BCUT2D eigenvalue weighted by atomic mass is 10.1. The summed E-state index contributed by atoms with van der Waals surface area (Å²) in [5.74, 6) is -0.404. The number of aromatic nitrogens is 3. The Balaban J connectivity index is 2.04. The predicted octanol–water partition coefficient (Wildman–Crippen LogP) is 3.12. The van der Waals surface area contributed by atoms with Crippen molar-refractivity contribution in [2.45, 2.75) is 36.7 Å². The molecule has 25 heavy (non-hydrogen) atoms. The van der Waals surface area contributed by atoms with Crippen molar-refractivity contribution in [3.63, 3.8) is 0 Å². The molecule has 0 radical (unpaired) electrons. The first kappa shape index (κ1) is 19.0. The van der Waals surface area contributed by atoms with Gasteiger partial charge in [-0.3, -0.25) is 9.78 Å². The maximum absolute atomic E-state index is 10.9. The third kappa shape index (κ3) is 5.58. The highest BCUT2D eigenvalue weighted by atomic mass is 32.2. The third-order valence-electron chi connectivity index (χ3n) is 3.42. The summed E-state index contributed by atoms with van der Waals surface area (Å²) in [6.07, 6.45) is 6.95. The average Bonchev–Trinajstić information content (AvgIpc) is 3.00. The Morgan fingerprint density at radius 3 is 2.88 bits per heavy atom. The van der Waals surface area contributed by atoms with Crippen molar-refractivity contribution in [2.75, 3.05) is 0 Å². The van der Waals surface area contributed by atoms with Gasteiger partial charge in [-0.1, -0.05) is 37.4 Å². The number of pyridine rings is 1. The summed E-state index contributed by atoms with van der Waals surface area (Å²) in [5, 5.41) is 9.69. The lowest BCUT2D eigenvalue weighted by Crippen LogP contribution is -2.32. The quantitative estimate of drug-likeness (QED) is 0.595. The molecule has 1 unspecified atom stereocenters. The van der Waals surface area contributed by atoms with Crippen molar-refractivity contribution < 1.29 is 9.90 Å². The zero-order valence-corrected chi connectivity index (χ0v) is 14.9. The van der Waals surface area contributed by atoms with E-state index in [2.05, 4.69) is 34.5 Å². The van der Waals surface area contributed by atoms with E-state index in [-0.39, 0.29) is 6.42 Å². The van der Waals surface area contributed by atoms with Crippen molar-refractivity contribution in [1.29, 1.82) is 0 Å². The van der Waals surface area contributed by atoms with E-state index in [4.69, 9.17) is 10.8 Å². The van der Waals surface area contributed by atoms with Crippen molar-refractivity contribution in [3.05, 3.63) is 53.6 Å². The summed E-state index contributed by atoms with van der Waals surface area (Å²) < 4.78 is 0. The van der Waals surface area contributed by atoms with E-state index >= 15 is 0 Å². The standard InChI is InChI=1S/C18H22N4O2S/c1-3-5-9-16-15(4-2)21-18(22-16)25-11-13-8-6-7-12(20-13)10-14(19)17(23)24/h4-9,14H,2-3,10-11,19H2,1H3,(H,21,22)(H,23,24)/b9-5-.